The Morgan fingerprint density at radius 1 is 1.38 bits per heavy atom. The Kier molecular flexibility index (Phi) is 2.61. The molecule has 0 unspecified atom stereocenters. The van der Waals surface area contributed by atoms with Gasteiger partial charge in [0, 0.05) is 28.2 Å². The van der Waals surface area contributed by atoms with Gasteiger partial charge in [0.25, 0.3) is 5.69 Å². The summed E-state index contributed by atoms with van der Waals surface area (Å²) in [6.07, 6.45) is 0. The molecule has 1 heterocycles. The second-order valence-electron chi connectivity index (χ2n) is 3.16. The molecule has 0 amide bonds. The monoisotopic (exact) mass is 282 g/mol. The molecule has 7 heteroatoms. The van der Waals surface area contributed by atoms with Crippen LogP contribution in [0.4, 0.5) is 11.5 Å². The van der Waals surface area contributed by atoms with Gasteiger partial charge in [0.2, 0.25) is 0 Å². The van der Waals surface area contributed by atoms with Crippen molar-refractivity contribution in [1.82, 2.24) is 10.2 Å². The maximum absolute atomic E-state index is 10.7. The Morgan fingerprint density at radius 3 is 2.69 bits per heavy atom. The maximum atomic E-state index is 10.7. The Labute approximate surface area is 98.7 Å². The van der Waals surface area contributed by atoms with E-state index in [1.54, 1.807) is 12.1 Å². The van der Waals surface area contributed by atoms with Crippen molar-refractivity contribution in [2.24, 2.45) is 0 Å². The van der Waals surface area contributed by atoms with Gasteiger partial charge in [-0.3, -0.25) is 15.2 Å². The molecule has 0 radical (unpaired) electrons. The molecule has 82 valence electrons. The van der Waals surface area contributed by atoms with Crippen LogP contribution in [0.3, 0.4) is 0 Å². The van der Waals surface area contributed by atoms with E-state index >= 15 is 0 Å². The standard InChI is InChI=1S/C9H7BrN4O2/c10-6-1-5(2-7(3-6)14(15)16)8-4-9(11)13-12-8/h1-4H,(H3,11,12,13). The molecule has 0 saturated heterocycles. The van der Waals surface area contributed by atoms with E-state index in [2.05, 4.69) is 26.1 Å². The van der Waals surface area contributed by atoms with Gasteiger partial charge in [-0.25, -0.2) is 0 Å². The summed E-state index contributed by atoms with van der Waals surface area (Å²) in [4.78, 5) is 10.2. The predicted octanol–water partition coefficient (Wildman–Crippen LogP) is 2.33. The average molecular weight is 283 g/mol. The average Bonchev–Trinajstić information content (AvgIpc) is 2.64. The van der Waals surface area contributed by atoms with Crippen molar-refractivity contribution in [3.8, 4) is 11.3 Å². The van der Waals surface area contributed by atoms with Crippen molar-refractivity contribution < 1.29 is 4.92 Å². The third kappa shape index (κ3) is 2.03. The van der Waals surface area contributed by atoms with Gasteiger partial charge < -0.3 is 5.73 Å². The first kappa shape index (κ1) is 10.6. The summed E-state index contributed by atoms with van der Waals surface area (Å²) in [5, 5.41) is 17.1. The van der Waals surface area contributed by atoms with Crippen LogP contribution in [-0.4, -0.2) is 15.1 Å². The van der Waals surface area contributed by atoms with E-state index in [1.165, 1.54) is 12.1 Å². The van der Waals surface area contributed by atoms with Crippen molar-refractivity contribution in [3.05, 3.63) is 38.9 Å². The highest BCUT2D eigenvalue weighted by Gasteiger charge is 2.11. The lowest BCUT2D eigenvalue weighted by molar-refractivity contribution is -0.384. The summed E-state index contributed by atoms with van der Waals surface area (Å²) in [6, 6.07) is 6.26. The lowest BCUT2D eigenvalue weighted by Gasteiger charge is -1.99. The number of non-ortho nitro benzene ring substituents is 1. The lowest BCUT2D eigenvalue weighted by Crippen LogP contribution is -1.89. The molecule has 0 fully saturated rings. The van der Waals surface area contributed by atoms with Crippen LogP contribution >= 0.6 is 15.9 Å². The van der Waals surface area contributed by atoms with E-state index in [4.69, 9.17) is 5.73 Å². The molecule has 0 bridgehead atoms. The van der Waals surface area contributed by atoms with E-state index < -0.39 is 4.92 Å². The van der Waals surface area contributed by atoms with Gasteiger partial charge in [-0.2, -0.15) is 5.10 Å². The third-order valence-corrected chi connectivity index (χ3v) is 2.46. The smallest absolute Gasteiger partial charge is 0.271 e. The van der Waals surface area contributed by atoms with Crippen LogP contribution in [0.25, 0.3) is 11.3 Å². The Balaban J connectivity index is 2.53. The molecule has 0 saturated carbocycles. The van der Waals surface area contributed by atoms with Crippen LogP contribution in [0.2, 0.25) is 0 Å². The molecular formula is C9H7BrN4O2. The van der Waals surface area contributed by atoms with Gasteiger partial charge in [0.15, 0.2) is 0 Å². The summed E-state index contributed by atoms with van der Waals surface area (Å²) in [7, 11) is 0. The molecule has 3 N–H and O–H groups in total. The zero-order chi connectivity index (χ0) is 11.7. The van der Waals surface area contributed by atoms with E-state index in [0.29, 0.717) is 21.5 Å². The van der Waals surface area contributed by atoms with Gasteiger partial charge in [0.1, 0.15) is 5.82 Å². The minimum Gasteiger partial charge on any atom is -0.382 e. The molecule has 1 aromatic carbocycles. The van der Waals surface area contributed by atoms with Crippen molar-refractivity contribution in [3.63, 3.8) is 0 Å². The van der Waals surface area contributed by atoms with Crippen LogP contribution in [0, 0.1) is 10.1 Å². The number of nitrogens with one attached hydrogen (secondary N) is 1. The second kappa shape index (κ2) is 3.93. The Hall–Kier alpha value is -1.89. The number of benzene rings is 1. The van der Waals surface area contributed by atoms with E-state index in [0.717, 1.165) is 0 Å². The number of nitrogens with zero attached hydrogens (tertiary/aromatic N) is 2. The first-order valence-electron chi connectivity index (χ1n) is 4.32. The van der Waals surface area contributed by atoms with Crippen LogP contribution in [-0.2, 0) is 0 Å². The van der Waals surface area contributed by atoms with Crippen molar-refractivity contribution in [2.45, 2.75) is 0 Å². The summed E-state index contributed by atoms with van der Waals surface area (Å²) in [5.41, 5.74) is 6.77. The Morgan fingerprint density at radius 2 is 2.12 bits per heavy atom. The van der Waals surface area contributed by atoms with Crippen LogP contribution in [0.5, 0.6) is 0 Å². The number of nitro benzene ring substituents is 1. The molecule has 16 heavy (non-hydrogen) atoms. The van der Waals surface area contributed by atoms with Crippen molar-refractivity contribution in [2.75, 3.05) is 5.73 Å². The fourth-order valence-electron chi connectivity index (χ4n) is 1.32. The van der Waals surface area contributed by atoms with E-state index in [1.807, 2.05) is 0 Å². The quantitative estimate of drug-likeness (QED) is 0.652. The summed E-state index contributed by atoms with van der Waals surface area (Å²) < 4.78 is 0.630. The Bertz CT molecular complexity index is 552. The number of nitrogens with two attached hydrogens (primary N) is 1. The van der Waals surface area contributed by atoms with Gasteiger partial charge in [-0.15, -0.1) is 0 Å². The van der Waals surface area contributed by atoms with Crippen LogP contribution in [0.1, 0.15) is 0 Å². The molecule has 2 aromatic rings. The minimum absolute atomic E-state index is 0.0116. The summed E-state index contributed by atoms with van der Waals surface area (Å²) in [6.45, 7) is 0. The number of anilines is 1. The highest BCUT2D eigenvalue weighted by Crippen LogP contribution is 2.28. The zero-order valence-corrected chi connectivity index (χ0v) is 9.56. The molecule has 0 aliphatic carbocycles. The molecule has 0 aliphatic rings. The maximum Gasteiger partial charge on any atom is 0.271 e. The van der Waals surface area contributed by atoms with Crippen LogP contribution in [0.15, 0.2) is 28.7 Å². The first-order chi connectivity index (χ1) is 7.56. The van der Waals surface area contributed by atoms with Gasteiger partial charge in [0.05, 0.1) is 10.6 Å². The number of nitrogen functional groups attached to an aromatic ring is 1. The predicted molar refractivity (Wildman–Crippen MR) is 62.8 cm³/mol. The minimum atomic E-state index is -0.450. The largest absolute Gasteiger partial charge is 0.382 e. The fourth-order valence-corrected chi connectivity index (χ4v) is 1.80. The number of hydrogen-bond acceptors (Lipinski definition) is 4. The fraction of sp³-hybridized carbons (Fsp3) is 0. The first-order valence-corrected chi connectivity index (χ1v) is 5.12. The third-order valence-electron chi connectivity index (χ3n) is 2.00. The molecule has 1 aromatic heterocycles. The topological polar surface area (TPSA) is 97.8 Å². The van der Waals surface area contributed by atoms with Crippen LogP contribution < -0.4 is 5.73 Å². The lowest BCUT2D eigenvalue weighted by atomic mass is 10.1. The van der Waals surface area contributed by atoms with E-state index in [-0.39, 0.29) is 5.69 Å². The summed E-state index contributed by atoms with van der Waals surface area (Å²) >= 11 is 3.22. The number of nitro groups is 1. The van der Waals surface area contributed by atoms with Crippen molar-refractivity contribution in [1.29, 1.82) is 0 Å². The van der Waals surface area contributed by atoms with Gasteiger partial charge in [-0.1, -0.05) is 15.9 Å². The number of aromatic amines is 1. The number of hydrogen-bond donors (Lipinski definition) is 2. The molecule has 0 atom stereocenters. The molecule has 0 aliphatic heterocycles. The SMILES string of the molecule is Nc1cc(-c2cc(Br)cc([N+](=O)[O-])c2)[nH]n1. The molecular weight excluding hydrogens is 276 g/mol. The zero-order valence-electron chi connectivity index (χ0n) is 7.98. The highest BCUT2D eigenvalue weighted by atomic mass is 79.9. The number of halogens is 1. The van der Waals surface area contributed by atoms with Crippen molar-refractivity contribution >= 4 is 27.4 Å². The highest BCUT2D eigenvalue weighted by molar-refractivity contribution is 9.10. The van der Waals surface area contributed by atoms with Gasteiger partial charge in [-0.05, 0) is 6.07 Å². The normalized spacial score (nSPS) is 10.3. The van der Waals surface area contributed by atoms with Gasteiger partial charge >= 0.3 is 0 Å². The number of rotatable bonds is 2. The summed E-state index contributed by atoms with van der Waals surface area (Å²) in [5.74, 6) is 0.345. The number of aromatic nitrogens is 2. The molecule has 6 nitrogen and oxygen atoms in total. The second-order valence-corrected chi connectivity index (χ2v) is 4.08. The molecule has 0 spiro atoms. The molecule has 2 rings (SSSR count). The van der Waals surface area contributed by atoms with E-state index in [9.17, 15) is 10.1 Å². The number of H-pyrrole nitrogens is 1.